The van der Waals surface area contributed by atoms with Gasteiger partial charge < -0.3 is 15.0 Å². The molecule has 2 heterocycles. The molecule has 1 aliphatic heterocycles. The number of benzene rings is 1. The fourth-order valence-corrected chi connectivity index (χ4v) is 3.99. The van der Waals surface area contributed by atoms with Crippen molar-refractivity contribution < 1.29 is 4.74 Å². The zero-order valence-corrected chi connectivity index (χ0v) is 14.4. The number of hydrogen-bond donors (Lipinski definition) is 1. The molecular weight excluding hydrogens is 348 g/mol. The minimum Gasteiger partial charge on any atom is -0.378 e. The molecule has 1 unspecified atom stereocenters. The number of thiophene rings is 1. The van der Waals surface area contributed by atoms with Crippen molar-refractivity contribution in [3.8, 4) is 0 Å². The summed E-state index contributed by atoms with van der Waals surface area (Å²) >= 11 is 5.30. The number of para-hydroxylation sites is 2. The number of morpholine rings is 1. The summed E-state index contributed by atoms with van der Waals surface area (Å²) in [4.78, 5) is 3.72. The van der Waals surface area contributed by atoms with Crippen LogP contribution in [-0.4, -0.2) is 26.3 Å². The van der Waals surface area contributed by atoms with Gasteiger partial charge in [-0.15, -0.1) is 11.3 Å². The molecule has 21 heavy (non-hydrogen) atoms. The normalized spacial score (nSPS) is 16.8. The molecule has 0 bridgehead atoms. The molecule has 0 saturated carbocycles. The van der Waals surface area contributed by atoms with E-state index in [2.05, 4.69) is 68.8 Å². The lowest BCUT2D eigenvalue weighted by molar-refractivity contribution is 0.123. The molecule has 2 aromatic rings. The van der Waals surface area contributed by atoms with E-state index in [1.54, 1.807) is 11.3 Å². The van der Waals surface area contributed by atoms with Crippen molar-refractivity contribution in [2.24, 2.45) is 0 Å². The molecule has 1 aromatic heterocycles. The number of nitrogens with zero attached hydrogens (tertiary/aromatic N) is 1. The van der Waals surface area contributed by atoms with Crippen LogP contribution in [0.25, 0.3) is 0 Å². The molecule has 1 atom stereocenters. The maximum Gasteiger partial charge on any atom is 0.0642 e. The number of rotatable bonds is 4. The van der Waals surface area contributed by atoms with Crippen LogP contribution in [0.3, 0.4) is 0 Å². The van der Waals surface area contributed by atoms with E-state index in [0.29, 0.717) is 6.04 Å². The molecule has 1 saturated heterocycles. The van der Waals surface area contributed by atoms with E-state index < -0.39 is 0 Å². The minimum atomic E-state index is 0.295. The topological polar surface area (TPSA) is 24.5 Å². The zero-order chi connectivity index (χ0) is 14.7. The highest BCUT2D eigenvalue weighted by Gasteiger charge is 2.16. The van der Waals surface area contributed by atoms with Crippen LogP contribution in [0.15, 0.2) is 40.2 Å². The number of anilines is 2. The summed E-state index contributed by atoms with van der Waals surface area (Å²) < 4.78 is 6.60. The molecule has 3 rings (SSSR count). The van der Waals surface area contributed by atoms with Gasteiger partial charge in [0.05, 0.1) is 30.6 Å². The van der Waals surface area contributed by atoms with E-state index in [0.717, 1.165) is 30.8 Å². The van der Waals surface area contributed by atoms with E-state index in [4.69, 9.17) is 4.74 Å². The van der Waals surface area contributed by atoms with Crippen molar-refractivity contribution in [1.82, 2.24) is 0 Å². The first-order valence-electron chi connectivity index (χ1n) is 7.16. The average Bonchev–Trinajstić information content (AvgIpc) is 2.95. The Balaban J connectivity index is 1.78. The van der Waals surface area contributed by atoms with Crippen molar-refractivity contribution in [3.05, 3.63) is 45.1 Å². The minimum absolute atomic E-state index is 0.295. The van der Waals surface area contributed by atoms with Gasteiger partial charge in [0.2, 0.25) is 0 Å². The van der Waals surface area contributed by atoms with E-state index in [1.165, 1.54) is 16.3 Å². The highest BCUT2D eigenvalue weighted by atomic mass is 79.9. The Hall–Kier alpha value is -1.04. The van der Waals surface area contributed by atoms with Crippen LogP contribution < -0.4 is 10.2 Å². The second-order valence-corrected chi connectivity index (χ2v) is 7.01. The quantitative estimate of drug-likeness (QED) is 0.860. The van der Waals surface area contributed by atoms with Crippen molar-refractivity contribution in [1.29, 1.82) is 0 Å². The summed E-state index contributed by atoms with van der Waals surface area (Å²) in [6.45, 7) is 5.73. The monoisotopic (exact) mass is 366 g/mol. The van der Waals surface area contributed by atoms with Crippen LogP contribution >= 0.6 is 27.3 Å². The molecule has 1 N–H and O–H groups in total. The Labute approximate surface area is 138 Å². The third-order valence-electron chi connectivity index (χ3n) is 3.64. The van der Waals surface area contributed by atoms with Crippen LogP contribution in [0.2, 0.25) is 0 Å². The number of nitrogens with one attached hydrogen (secondary N) is 1. The lowest BCUT2D eigenvalue weighted by atomic mass is 10.2. The fraction of sp³-hybridized carbons (Fsp3) is 0.375. The highest BCUT2D eigenvalue weighted by molar-refractivity contribution is 9.10. The molecule has 1 aromatic carbocycles. The first kappa shape index (κ1) is 14.9. The Bertz CT molecular complexity index is 595. The Morgan fingerprint density at radius 3 is 2.76 bits per heavy atom. The van der Waals surface area contributed by atoms with Gasteiger partial charge in [-0.3, -0.25) is 0 Å². The van der Waals surface area contributed by atoms with E-state index in [-0.39, 0.29) is 0 Å². The molecule has 0 amide bonds. The Kier molecular flexibility index (Phi) is 4.83. The predicted octanol–water partition coefficient (Wildman–Crippen LogP) is 4.52. The Morgan fingerprint density at radius 2 is 2.05 bits per heavy atom. The van der Waals surface area contributed by atoms with Crippen LogP contribution in [0.1, 0.15) is 17.8 Å². The first-order chi connectivity index (χ1) is 10.2. The first-order valence-corrected chi connectivity index (χ1v) is 8.83. The van der Waals surface area contributed by atoms with Crippen molar-refractivity contribution in [2.45, 2.75) is 13.0 Å². The predicted molar refractivity (Wildman–Crippen MR) is 93.5 cm³/mol. The number of ether oxygens (including phenoxy) is 1. The highest BCUT2D eigenvalue weighted by Crippen LogP contribution is 2.32. The second-order valence-electron chi connectivity index (χ2n) is 5.15. The standard InChI is InChI=1S/C16H19BrN2OS/c1-12(16-10-13(17)11-21-16)18-14-4-2-3-5-15(14)19-6-8-20-9-7-19/h2-5,10-12,18H,6-9H2,1H3. The summed E-state index contributed by atoms with van der Waals surface area (Å²) in [7, 11) is 0. The summed E-state index contributed by atoms with van der Waals surface area (Å²) in [5.74, 6) is 0. The smallest absolute Gasteiger partial charge is 0.0642 e. The molecule has 0 aliphatic carbocycles. The van der Waals surface area contributed by atoms with Crippen molar-refractivity contribution in [2.75, 3.05) is 36.5 Å². The molecule has 0 radical (unpaired) electrons. The SMILES string of the molecule is CC(Nc1ccccc1N1CCOCC1)c1cc(Br)cs1. The van der Waals surface area contributed by atoms with Gasteiger partial charge in [-0.2, -0.15) is 0 Å². The molecular formula is C16H19BrN2OS. The van der Waals surface area contributed by atoms with E-state index in [1.807, 2.05) is 0 Å². The van der Waals surface area contributed by atoms with Gasteiger partial charge in [-0.1, -0.05) is 12.1 Å². The molecule has 112 valence electrons. The number of halogens is 1. The lowest BCUT2D eigenvalue weighted by Gasteiger charge is -2.31. The van der Waals surface area contributed by atoms with Gasteiger partial charge in [0.15, 0.2) is 0 Å². The van der Waals surface area contributed by atoms with Crippen LogP contribution in [0.4, 0.5) is 11.4 Å². The summed E-state index contributed by atoms with van der Waals surface area (Å²) in [6.07, 6.45) is 0. The van der Waals surface area contributed by atoms with E-state index >= 15 is 0 Å². The molecule has 0 spiro atoms. The van der Waals surface area contributed by atoms with Gasteiger partial charge in [0, 0.05) is 27.8 Å². The number of hydrogen-bond acceptors (Lipinski definition) is 4. The second kappa shape index (κ2) is 6.81. The van der Waals surface area contributed by atoms with Crippen LogP contribution in [0, 0.1) is 0 Å². The Morgan fingerprint density at radius 1 is 1.29 bits per heavy atom. The van der Waals surface area contributed by atoms with Gasteiger partial charge in [0.1, 0.15) is 0 Å². The average molecular weight is 367 g/mol. The maximum atomic E-state index is 5.45. The molecule has 3 nitrogen and oxygen atoms in total. The fourth-order valence-electron chi connectivity index (χ4n) is 2.54. The molecule has 5 heteroatoms. The van der Waals surface area contributed by atoms with Crippen LogP contribution in [-0.2, 0) is 4.74 Å². The summed E-state index contributed by atoms with van der Waals surface area (Å²) in [5, 5.41) is 5.77. The largest absolute Gasteiger partial charge is 0.378 e. The van der Waals surface area contributed by atoms with Gasteiger partial charge in [-0.05, 0) is 41.1 Å². The van der Waals surface area contributed by atoms with Crippen LogP contribution in [0.5, 0.6) is 0 Å². The van der Waals surface area contributed by atoms with Gasteiger partial charge in [0.25, 0.3) is 0 Å². The summed E-state index contributed by atoms with van der Waals surface area (Å²) in [5.41, 5.74) is 2.46. The third-order valence-corrected chi connectivity index (χ3v) is 5.52. The van der Waals surface area contributed by atoms with Gasteiger partial charge >= 0.3 is 0 Å². The zero-order valence-electron chi connectivity index (χ0n) is 12.0. The summed E-state index contributed by atoms with van der Waals surface area (Å²) in [6, 6.07) is 11.0. The third kappa shape index (κ3) is 3.59. The maximum absolute atomic E-state index is 5.45. The van der Waals surface area contributed by atoms with E-state index in [9.17, 15) is 0 Å². The van der Waals surface area contributed by atoms with Gasteiger partial charge in [-0.25, -0.2) is 0 Å². The molecule has 1 aliphatic rings. The molecule has 1 fully saturated rings. The van der Waals surface area contributed by atoms with Crippen molar-refractivity contribution in [3.63, 3.8) is 0 Å². The van der Waals surface area contributed by atoms with Crippen molar-refractivity contribution >= 4 is 38.6 Å². The lowest BCUT2D eigenvalue weighted by Crippen LogP contribution is -2.36.